The maximum absolute atomic E-state index is 6.84. The molecule has 0 atom stereocenters. The molecular weight excluding hydrogens is 364 g/mol. The van der Waals surface area contributed by atoms with Gasteiger partial charge in [-0.15, -0.1) is 0 Å². The Hall–Kier alpha value is -0.980. The van der Waals surface area contributed by atoms with Crippen LogP contribution in [-0.2, 0) is 31.1 Å². The molecule has 0 saturated carbocycles. The Morgan fingerprint density at radius 2 is 0.933 bits per heavy atom. The van der Waals surface area contributed by atoms with E-state index in [2.05, 4.69) is 96.9 Å². The van der Waals surface area contributed by atoms with Crippen LogP contribution >= 0.6 is 0 Å². The highest BCUT2D eigenvalue weighted by Crippen LogP contribution is 2.46. The lowest BCUT2D eigenvalue weighted by molar-refractivity contribution is 0.125. The molecule has 1 aromatic carbocycles. The van der Waals surface area contributed by atoms with E-state index >= 15 is 0 Å². The third-order valence-electron chi connectivity index (χ3n) is 5.97. The molecule has 1 rings (SSSR count). The van der Waals surface area contributed by atoms with Gasteiger partial charge >= 0.3 is 0 Å². The van der Waals surface area contributed by atoms with E-state index in [0.717, 1.165) is 32.1 Å². The van der Waals surface area contributed by atoms with Gasteiger partial charge in [0.2, 0.25) is 0 Å². The SMILES string of the molecule is CCc1c(CC(C)(C)C)c(OC(C)(C)C)c(CC(C)(C)C)c(CC)c1C(C)(C)CC. The molecule has 0 aromatic heterocycles. The van der Waals surface area contributed by atoms with E-state index in [1.54, 1.807) is 16.7 Å². The Kier molecular flexibility index (Phi) is 8.34. The van der Waals surface area contributed by atoms with Crippen molar-refractivity contribution in [2.24, 2.45) is 10.8 Å². The van der Waals surface area contributed by atoms with Crippen LogP contribution in [0.4, 0.5) is 0 Å². The van der Waals surface area contributed by atoms with Crippen LogP contribution in [0.25, 0.3) is 0 Å². The molecule has 0 fully saturated rings. The fourth-order valence-corrected chi connectivity index (χ4v) is 4.58. The number of hydrogen-bond donors (Lipinski definition) is 0. The first-order valence-corrected chi connectivity index (χ1v) is 12.3. The van der Waals surface area contributed by atoms with E-state index in [0.29, 0.717) is 0 Å². The van der Waals surface area contributed by atoms with Crippen molar-refractivity contribution < 1.29 is 4.74 Å². The maximum Gasteiger partial charge on any atom is 0.127 e. The maximum atomic E-state index is 6.84. The smallest absolute Gasteiger partial charge is 0.127 e. The van der Waals surface area contributed by atoms with Crippen molar-refractivity contribution in [2.75, 3.05) is 0 Å². The summed E-state index contributed by atoms with van der Waals surface area (Å²) in [6.07, 6.45) is 5.38. The average molecular weight is 417 g/mol. The van der Waals surface area contributed by atoms with Crippen molar-refractivity contribution in [3.63, 3.8) is 0 Å². The van der Waals surface area contributed by atoms with Crippen LogP contribution in [0.15, 0.2) is 0 Å². The van der Waals surface area contributed by atoms with E-state index in [-0.39, 0.29) is 21.8 Å². The fraction of sp³-hybridized carbons (Fsp3) is 0.793. The Morgan fingerprint density at radius 1 is 0.567 bits per heavy atom. The van der Waals surface area contributed by atoms with Crippen LogP contribution in [0, 0.1) is 10.8 Å². The molecule has 0 spiro atoms. The zero-order valence-electron chi connectivity index (χ0n) is 22.9. The Balaban J connectivity index is 4.21. The molecule has 1 nitrogen and oxygen atoms in total. The summed E-state index contributed by atoms with van der Waals surface area (Å²) in [5, 5.41) is 0. The first-order valence-electron chi connectivity index (χ1n) is 12.3. The standard InChI is InChI=1S/C29H52O/c1-15-20-22(18-26(4,5)6)25(30-28(10,11)12)23(19-27(7,8)9)21(16-2)24(20)29(13,14)17-3/h15-19H2,1-14H3. The van der Waals surface area contributed by atoms with Crippen LogP contribution in [0.5, 0.6) is 5.75 Å². The minimum Gasteiger partial charge on any atom is -0.488 e. The van der Waals surface area contributed by atoms with Crippen LogP contribution in [0.3, 0.4) is 0 Å². The summed E-state index contributed by atoms with van der Waals surface area (Å²) < 4.78 is 6.84. The highest BCUT2D eigenvalue weighted by atomic mass is 16.5. The molecule has 0 aliphatic rings. The van der Waals surface area contributed by atoms with Crippen LogP contribution in [-0.4, -0.2) is 5.60 Å². The van der Waals surface area contributed by atoms with Gasteiger partial charge in [0.1, 0.15) is 11.4 Å². The van der Waals surface area contributed by atoms with E-state index in [1.165, 1.54) is 16.9 Å². The van der Waals surface area contributed by atoms with Gasteiger partial charge < -0.3 is 4.74 Å². The summed E-state index contributed by atoms with van der Waals surface area (Å²) in [5.41, 5.74) is 8.00. The van der Waals surface area contributed by atoms with Crippen molar-refractivity contribution >= 4 is 0 Å². The summed E-state index contributed by atoms with van der Waals surface area (Å²) in [7, 11) is 0. The molecular formula is C29H52O. The van der Waals surface area contributed by atoms with Gasteiger partial charge in [-0.1, -0.05) is 76.2 Å². The minimum atomic E-state index is -0.211. The molecule has 174 valence electrons. The van der Waals surface area contributed by atoms with Gasteiger partial charge in [-0.3, -0.25) is 0 Å². The molecule has 0 unspecified atom stereocenters. The van der Waals surface area contributed by atoms with Crippen LogP contribution < -0.4 is 4.74 Å². The molecule has 1 aromatic rings. The molecule has 1 heteroatoms. The summed E-state index contributed by atoms with van der Waals surface area (Å²) >= 11 is 0. The van der Waals surface area contributed by atoms with E-state index in [4.69, 9.17) is 4.74 Å². The predicted octanol–water partition coefficient (Wildman–Crippen LogP) is 8.85. The molecule has 30 heavy (non-hydrogen) atoms. The predicted molar refractivity (Wildman–Crippen MR) is 135 cm³/mol. The molecule has 0 radical (unpaired) electrons. The van der Waals surface area contributed by atoms with E-state index < -0.39 is 0 Å². The summed E-state index contributed by atoms with van der Waals surface area (Å²) in [5.74, 6) is 1.19. The Bertz CT molecular complexity index is 670. The van der Waals surface area contributed by atoms with Gasteiger partial charge in [0, 0.05) is 0 Å². The second kappa shape index (κ2) is 9.25. The van der Waals surface area contributed by atoms with Crippen LogP contribution in [0.2, 0.25) is 0 Å². The largest absolute Gasteiger partial charge is 0.488 e. The molecule has 0 aliphatic heterocycles. The molecule has 0 aliphatic carbocycles. The highest BCUT2D eigenvalue weighted by Gasteiger charge is 2.34. The van der Waals surface area contributed by atoms with E-state index in [1.807, 2.05) is 0 Å². The first-order chi connectivity index (χ1) is 13.4. The molecule has 0 saturated heterocycles. The van der Waals surface area contributed by atoms with Crippen molar-refractivity contribution in [3.8, 4) is 5.75 Å². The fourth-order valence-electron chi connectivity index (χ4n) is 4.58. The second-order valence-corrected chi connectivity index (χ2v) is 13.3. The van der Waals surface area contributed by atoms with Crippen LogP contribution in [0.1, 0.15) is 131 Å². The quantitative estimate of drug-likeness (QED) is 0.431. The monoisotopic (exact) mass is 416 g/mol. The summed E-state index contributed by atoms with van der Waals surface area (Å²) in [6.45, 7) is 32.6. The molecule has 0 heterocycles. The Labute approximate surface area is 189 Å². The highest BCUT2D eigenvalue weighted by molar-refractivity contribution is 5.59. The average Bonchev–Trinajstić information content (AvgIpc) is 2.53. The van der Waals surface area contributed by atoms with Crippen molar-refractivity contribution in [2.45, 2.75) is 140 Å². The Morgan fingerprint density at radius 3 is 1.17 bits per heavy atom. The third kappa shape index (κ3) is 7.03. The van der Waals surface area contributed by atoms with Gasteiger partial charge in [0.15, 0.2) is 0 Å². The molecule has 0 N–H and O–H groups in total. The third-order valence-corrected chi connectivity index (χ3v) is 5.97. The number of benzene rings is 1. The lowest BCUT2D eigenvalue weighted by atomic mass is 9.70. The lowest BCUT2D eigenvalue weighted by Crippen LogP contribution is -2.30. The summed E-state index contributed by atoms with van der Waals surface area (Å²) in [6, 6.07) is 0. The lowest BCUT2D eigenvalue weighted by Gasteiger charge is -2.38. The van der Waals surface area contributed by atoms with Gasteiger partial charge in [-0.2, -0.15) is 0 Å². The second-order valence-electron chi connectivity index (χ2n) is 13.3. The van der Waals surface area contributed by atoms with Crippen molar-refractivity contribution in [1.29, 1.82) is 0 Å². The van der Waals surface area contributed by atoms with Crippen molar-refractivity contribution in [1.82, 2.24) is 0 Å². The first kappa shape index (κ1) is 27.1. The van der Waals surface area contributed by atoms with E-state index in [9.17, 15) is 0 Å². The van der Waals surface area contributed by atoms with Gasteiger partial charge in [-0.25, -0.2) is 0 Å². The van der Waals surface area contributed by atoms with Crippen molar-refractivity contribution in [3.05, 3.63) is 27.8 Å². The zero-order chi connectivity index (χ0) is 23.7. The number of ether oxygens (including phenoxy) is 1. The number of hydrogen-bond acceptors (Lipinski definition) is 1. The normalized spacial score (nSPS) is 13.7. The zero-order valence-corrected chi connectivity index (χ0v) is 22.9. The molecule has 0 bridgehead atoms. The minimum absolute atomic E-state index is 0.163. The number of rotatable bonds is 7. The summed E-state index contributed by atoms with van der Waals surface area (Å²) in [4.78, 5) is 0. The van der Waals surface area contributed by atoms with Gasteiger partial charge in [0.05, 0.1) is 0 Å². The van der Waals surface area contributed by atoms with Gasteiger partial charge in [0.25, 0.3) is 0 Å². The molecule has 0 amide bonds. The topological polar surface area (TPSA) is 9.23 Å². The van der Waals surface area contributed by atoms with Gasteiger partial charge in [-0.05, 0) is 96.9 Å².